The normalized spacial score (nSPS) is 12.6. The molecule has 0 aliphatic carbocycles. The van der Waals surface area contributed by atoms with Gasteiger partial charge in [-0.05, 0) is 17.7 Å². The van der Waals surface area contributed by atoms with Crippen molar-refractivity contribution in [1.29, 1.82) is 0 Å². The van der Waals surface area contributed by atoms with Crippen LogP contribution in [0, 0.1) is 0 Å². The molecular weight excluding hydrogens is 294 g/mol. The zero-order valence-corrected chi connectivity index (χ0v) is 12.4. The summed E-state index contributed by atoms with van der Waals surface area (Å²) in [4.78, 5) is 9.49. The van der Waals surface area contributed by atoms with Crippen LogP contribution in [-0.4, -0.2) is 19.6 Å². The minimum Gasteiger partial charge on any atom is -0.318 e. The number of nitrogens with zero attached hydrogens (tertiary/aromatic N) is 4. The van der Waals surface area contributed by atoms with Crippen molar-refractivity contribution in [3.05, 3.63) is 71.6 Å². The molecule has 0 saturated carbocycles. The van der Waals surface area contributed by atoms with Crippen LogP contribution in [0.25, 0.3) is 16.2 Å². The molecule has 1 atom stereocenters. The van der Waals surface area contributed by atoms with E-state index in [1.807, 2.05) is 48.7 Å². The van der Waals surface area contributed by atoms with E-state index in [9.17, 15) is 0 Å². The minimum atomic E-state index is -0.255. The number of hydrogen-bond acceptors (Lipinski definition) is 5. The molecule has 4 aromatic rings. The molecule has 0 spiro atoms. The summed E-state index contributed by atoms with van der Waals surface area (Å²) in [5.41, 5.74) is 9.27. The quantitative estimate of drug-likeness (QED) is 0.632. The lowest BCUT2D eigenvalue weighted by Crippen LogP contribution is -2.11. The Balaban J connectivity index is 1.70. The van der Waals surface area contributed by atoms with E-state index in [1.165, 1.54) is 11.3 Å². The lowest BCUT2D eigenvalue weighted by atomic mass is 10.1. The Hall–Kier alpha value is -2.57. The summed E-state index contributed by atoms with van der Waals surface area (Å²) in [7, 11) is 0. The van der Waals surface area contributed by atoms with E-state index < -0.39 is 0 Å². The van der Waals surface area contributed by atoms with Crippen LogP contribution in [0.2, 0.25) is 0 Å². The largest absolute Gasteiger partial charge is 0.318 e. The van der Waals surface area contributed by atoms with Crippen LogP contribution in [-0.2, 0) is 0 Å². The molecule has 0 amide bonds. The molecule has 0 aliphatic rings. The summed E-state index contributed by atoms with van der Waals surface area (Å²) in [6.45, 7) is 0. The highest BCUT2D eigenvalue weighted by Gasteiger charge is 2.16. The van der Waals surface area contributed by atoms with Gasteiger partial charge in [0, 0.05) is 18.0 Å². The summed E-state index contributed by atoms with van der Waals surface area (Å²) in [5, 5.41) is 5.40. The highest BCUT2D eigenvalue weighted by molar-refractivity contribution is 7.16. The second-order valence-corrected chi connectivity index (χ2v) is 5.91. The molecule has 2 N–H and O–H groups in total. The Kier molecular flexibility index (Phi) is 3.17. The molecule has 0 bridgehead atoms. The first-order valence-electron chi connectivity index (χ1n) is 6.88. The molecule has 3 aromatic heterocycles. The monoisotopic (exact) mass is 307 g/mol. The van der Waals surface area contributed by atoms with Crippen LogP contribution in [0.4, 0.5) is 0 Å². The molecule has 22 heavy (non-hydrogen) atoms. The molecule has 0 radical (unpaired) electrons. The number of nitrogens with two attached hydrogens (primary N) is 1. The average molecular weight is 307 g/mol. The third-order valence-corrected chi connectivity index (χ3v) is 4.47. The highest BCUT2D eigenvalue weighted by atomic mass is 32.1. The summed E-state index contributed by atoms with van der Waals surface area (Å²) in [6.07, 6.45) is 5.41. The third kappa shape index (κ3) is 2.28. The number of rotatable bonds is 3. The second kappa shape index (κ2) is 5.32. The van der Waals surface area contributed by atoms with Crippen molar-refractivity contribution in [3.63, 3.8) is 0 Å². The fraction of sp³-hybridized carbons (Fsp3) is 0.0625. The topological polar surface area (TPSA) is 69.1 Å². The van der Waals surface area contributed by atoms with Crippen molar-refractivity contribution >= 4 is 16.3 Å². The van der Waals surface area contributed by atoms with E-state index >= 15 is 0 Å². The molecule has 0 fully saturated rings. The minimum absolute atomic E-state index is 0.255. The zero-order valence-electron chi connectivity index (χ0n) is 11.6. The molecular formula is C16H13N5S. The molecule has 0 saturated heterocycles. The van der Waals surface area contributed by atoms with Crippen molar-refractivity contribution in [1.82, 2.24) is 19.6 Å². The summed E-state index contributed by atoms with van der Waals surface area (Å²) < 4.78 is 1.80. The first kappa shape index (κ1) is 13.1. The smallest absolute Gasteiger partial charge is 0.212 e. The highest BCUT2D eigenvalue weighted by Crippen LogP contribution is 2.26. The molecule has 6 heteroatoms. The van der Waals surface area contributed by atoms with E-state index in [0.29, 0.717) is 0 Å². The van der Waals surface area contributed by atoms with Crippen molar-refractivity contribution < 1.29 is 0 Å². The number of benzene rings is 1. The second-order valence-electron chi connectivity index (χ2n) is 4.92. The predicted molar refractivity (Wildman–Crippen MR) is 86.6 cm³/mol. The number of fused-ring (bicyclic) bond motifs is 1. The van der Waals surface area contributed by atoms with Crippen LogP contribution >= 0.6 is 11.3 Å². The Morgan fingerprint density at radius 2 is 1.82 bits per heavy atom. The number of pyridine rings is 1. The van der Waals surface area contributed by atoms with Gasteiger partial charge in [-0.25, -0.2) is 9.50 Å². The van der Waals surface area contributed by atoms with Gasteiger partial charge in [0.05, 0.1) is 17.9 Å². The van der Waals surface area contributed by atoms with Gasteiger partial charge in [0.2, 0.25) is 4.96 Å². The maximum atomic E-state index is 6.27. The molecule has 5 nitrogen and oxygen atoms in total. The first-order chi connectivity index (χ1) is 10.8. The molecule has 108 valence electrons. The zero-order chi connectivity index (χ0) is 14.9. The van der Waals surface area contributed by atoms with Crippen LogP contribution in [0.3, 0.4) is 0 Å². The third-order valence-electron chi connectivity index (χ3n) is 3.46. The van der Waals surface area contributed by atoms with E-state index in [1.54, 1.807) is 16.9 Å². The number of hydrogen-bond donors (Lipinski definition) is 1. The van der Waals surface area contributed by atoms with Gasteiger partial charge in [-0.15, -0.1) is 0 Å². The Labute approximate surface area is 131 Å². The van der Waals surface area contributed by atoms with Gasteiger partial charge in [0.25, 0.3) is 0 Å². The summed E-state index contributed by atoms with van der Waals surface area (Å²) in [6, 6.07) is 13.6. The fourth-order valence-electron chi connectivity index (χ4n) is 2.30. The van der Waals surface area contributed by atoms with E-state index in [-0.39, 0.29) is 6.04 Å². The summed E-state index contributed by atoms with van der Waals surface area (Å²) in [5.74, 6) is 0. The molecule has 0 aliphatic heterocycles. The molecule has 1 aromatic carbocycles. The SMILES string of the molecule is NC(c1ccncc1)c1nn2cc(-c3ccccc3)nc2s1. The standard InChI is InChI=1S/C16H13N5S/c17-14(12-6-8-18-9-7-12)15-20-21-10-13(19-16(21)22-15)11-4-2-1-3-5-11/h1-10,14H,17H2. The van der Waals surface area contributed by atoms with Crippen LogP contribution in [0.1, 0.15) is 16.6 Å². The van der Waals surface area contributed by atoms with Gasteiger partial charge in [0.1, 0.15) is 5.01 Å². The van der Waals surface area contributed by atoms with Gasteiger partial charge in [-0.2, -0.15) is 5.10 Å². The fourth-order valence-corrected chi connectivity index (χ4v) is 3.21. The van der Waals surface area contributed by atoms with Gasteiger partial charge >= 0.3 is 0 Å². The lowest BCUT2D eigenvalue weighted by molar-refractivity contribution is 0.805. The number of aromatic nitrogens is 4. The van der Waals surface area contributed by atoms with Crippen molar-refractivity contribution in [2.24, 2.45) is 5.73 Å². The average Bonchev–Trinajstić information content (AvgIpc) is 3.15. The van der Waals surface area contributed by atoms with Crippen molar-refractivity contribution in [3.8, 4) is 11.3 Å². The Morgan fingerprint density at radius 1 is 1.05 bits per heavy atom. The Bertz CT molecular complexity index is 867. The molecule has 3 heterocycles. The summed E-state index contributed by atoms with van der Waals surface area (Å²) >= 11 is 1.51. The van der Waals surface area contributed by atoms with Crippen molar-refractivity contribution in [2.45, 2.75) is 6.04 Å². The van der Waals surface area contributed by atoms with Gasteiger partial charge < -0.3 is 5.73 Å². The van der Waals surface area contributed by atoms with Crippen LogP contribution < -0.4 is 5.73 Å². The van der Waals surface area contributed by atoms with Crippen molar-refractivity contribution in [2.75, 3.05) is 0 Å². The van der Waals surface area contributed by atoms with E-state index in [0.717, 1.165) is 26.8 Å². The maximum Gasteiger partial charge on any atom is 0.212 e. The van der Waals surface area contributed by atoms with Gasteiger partial charge in [-0.1, -0.05) is 41.7 Å². The number of imidazole rings is 1. The molecule has 1 unspecified atom stereocenters. The van der Waals surface area contributed by atoms with Crippen LogP contribution in [0.15, 0.2) is 61.1 Å². The van der Waals surface area contributed by atoms with Crippen LogP contribution in [0.5, 0.6) is 0 Å². The lowest BCUT2D eigenvalue weighted by Gasteiger charge is -2.06. The maximum absolute atomic E-state index is 6.27. The van der Waals surface area contributed by atoms with Gasteiger partial charge in [-0.3, -0.25) is 4.98 Å². The molecule has 4 rings (SSSR count). The van der Waals surface area contributed by atoms with Gasteiger partial charge in [0.15, 0.2) is 0 Å². The Morgan fingerprint density at radius 3 is 2.55 bits per heavy atom. The predicted octanol–water partition coefficient (Wildman–Crippen LogP) is 2.90. The first-order valence-corrected chi connectivity index (χ1v) is 7.70. The van der Waals surface area contributed by atoms with E-state index in [2.05, 4.69) is 15.1 Å². The van der Waals surface area contributed by atoms with E-state index in [4.69, 9.17) is 5.73 Å².